The predicted octanol–water partition coefficient (Wildman–Crippen LogP) is 1.97. The van der Waals surface area contributed by atoms with E-state index >= 15 is 0 Å². The van der Waals surface area contributed by atoms with Gasteiger partial charge in [0.05, 0.1) is 17.5 Å². The Bertz CT molecular complexity index is 330. The Labute approximate surface area is 84.1 Å². The lowest BCUT2D eigenvalue weighted by Gasteiger charge is -2.41. The average molecular weight is 189 g/mol. The Morgan fingerprint density at radius 3 is 2.79 bits per heavy atom. The van der Waals surface area contributed by atoms with Gasteiger partial charge in [-0.1, -0.05) is 6.42 Å². The molecule has 1 aromatic heterocycles. The van der Waals surface area contributed by atoms with Gasteiger partial charge in [-0.15, -0.1) is 0 Å². The van der Waals surface area contributed by atoms with Crippen molar-refractivity contribution < 1.29 is 0 Å². The molecule has 1 aliphatic carbocycles. The highest BCUT2D eigenvalue weighted by Crippen LogP contribution is 2.49. The number of nitrogens with zero attached hydrogens (tertiary/aromatic N) is 1. The molecule has 14 heavy (non-hydrogen) atoms. The van der Waals surface area contributed by atoms with Crippen LogP contribution >= 0.6 is 0 Å². The van der Waals surface area contributed by atoms with Crippen molar-refractivity contribution in [2.45, 2.75) is 25.3 Å². The van der Waals surface area contributed by atoms with E-state index in [4.69, 9.17) is 0 Å². The second-order valence-corrected chi connectivity index (χ2v) is 3.99. The van der Waals surface area contributed by atoms with Crippen molar-refractivity contribution >= 4 is 0 Å². The van der Waals surface area contributed by atoms with Crippen molar-refractivity contribution in [3.63, 3.8) is 0 Å². The minimum atomic E-state index is -0.170. The largest absolute Gasteiger partial charge is 0.367 e. The molecule has 1 saturated carbocycles. The van der Waals surface area contributed by atoms with Gasteiger partial charge in [0.25, 0.3) is 0 Å². The highest BCUT2D eigenvalue weighted by molar-refractivity contribution is 5.24. The predicted molar refractivity (Wildman–Crippen MR) is 54.5 cm³/mol. The van der Waals surface area contributed by atoms with E-state index in [-0.39, 0.29) is 11.5 Å². The number of aromatic amines is 1. The van der Waals surface area contributed by atoms with Crippen LogP contribution in [0.3, 0.4) is 0 Å². The molecule has 1 atom stereocenters. The zero-order valence-corrected chi connectivity index (χ0v) is 8.38. The van der Waals surface area contributed by atoms with E-state index in [2.05, 4.69) is 16.4 Å². The molecular formula is C11H15N3. The number of aromatic nitrogens is 1. The second kappa shape index (κ2) is 3.47. The maximum Gasteiger partial charge on any atom is 0.0768 e. The van der Waals surface area contributed by atoms with Crippen LogP contribution in [0.25, 0.3) is 0 Å². The first-order valence-electron chi connectivity index (χ1n) is 5.03. The maximum atomic E-state index is 9.24. The summed E-state index contributed by atoms with van der Waals surface area (Å²) in [4.78, 5) is 3.04. The SMILES string of the molecule is CNC(c1cc[nH]c1)C1(C#N)CCC1. The average Bonchev–Trinajstić information content (AvgIpc) is 2.63. The van der Waals surface area contributed by atoms with Crippen LogP contribution in [0.4, 0.5) is 0 Å². The van der Waals surface area contributed by atoms with Gasteiger partial charge in [-0.25, -0.2) is 0 Å². The highest BCUT2D eigenvalue weighted by atomic mass is 14.9. The van der Waals surface area contributed by atoms with Gasteiger partial charge in [0.15, 0.2) is 0 Å². The molecule has 0 amide bonds. The first kappa shape index (κ1) is 9.29. The van der Waals surface area contributed by atoms with Crippen molar-refractivity contribution in [2.75, 3.05) is 7.05 Å². The zero-order chi connectivity index (χ0) is 10.0. The summed E-state index contributed by atoms with van der Waals surface area (Å²) in [6.45, 7) is 0. The third-order valence-electron chi connectivity index (χ3n) is 3.27. The lowest BCUT2D eigenvalue weighted by Crippen LogP contribution is -2.40. The van der Waals surface area contributed by atoms with Gasteiger partial charge in [0, 0.05) is 12.4 Å². The van der Waals surface area contributed by atoms with Gasteiger partial charge in [-0.3, -0.25) is 0 Å². The summed E-state index contributed by atoms with van der Waals surface area (Å²) >= 11 is 0. The van der Waals surface area contributed by atoms with Gasteiger partial charge in [-0.05, 0) is 31.5 Å². The second-order valence-electron chi connectivity index (χ2n) is 3.99. The lowest BCUT2D eigenvalue weighted by molar-refractivity contribution is 0.149. The molecule has 1 fully saturated rings. The third kappa shape index (κ3) is 1.23. The summed E-state index contributed by atoms with van der Waals surface area (Å²) in [5, 5.41) is 12.5. The molecular weight excluding hydrogens is 174 g/mol. The molecule has 1 aromatic rings. The molecule has 0 aliphatic heterocycles. The van der Waals surface area contributed by atoms with Crippen molar-refractivity contribution in [2.24, 2.45) is 5.41 Å². The number of hydrogen-bond donors (Lipinski definition) is 2. The molecule has 0 aromatic carbocycles. The van der Waals surface area contributed by atoms with E-state index < -0.39 is 0 Å². The Morgan fingerprint density at radius 1 is 1.64 bits per heavy atom. The number of nitriles is 1. The monoisotopic (exact) mass is 189 g/mol. The molecule has 74 valence electrons. The van der Waals surface area contributed by atoms with Crippen molar-refractivity contribution in [1.82, 2.24) is 10.3 Å². The maximum absolute atomic E-state index is 9.24. The molecule has 1 aliphatic rings. The van der Waals surface area contributed by atoms with Crippen molar-refractivity contribution in [3.05, 3.63) is 24.0 Å². The van der Waals surface area contributed by atoms with Gasteiger partial charge in [0.1, 0.15) is 0 Å². The fraction of sp³-hybridized carbons (Fsp3) is 0.545. The molecule has 0 bridgehead atoms. The number of hydrogen-bond acceptors (Lipinski definition) is 2. The normalized spacial score (nSPS) is 20.9. The fourth-order valence-corrected chi connectivity index (χ4v) is 2.30. The van der Waals surface area contributed by atoms with Crippen LogP contribution in [-0.2, 0) is 0 Å². The van der Waals surface area contributed by atoms with Gasteiger partial charge in [-0.2, -0.15) is 5.26 Å². The van der Waals surface area contributed by atoms with Crippen LogP contribution in [0.5, 0.6) is 0 Å². The van der Waals surface area contributed by atoms with Crippen LogP contribution in [0.2, 0.25) is 0 Å². The van der Waals surface area contributed by atoms with Crippen molar-refractivity contribution in [3.8, 4) is 6.07 Å². The molecule has 1 heterocycles. The van der Waals surface area contributed by atoms with Crippen LogP contribution < -0.4 is 5.32 Å². The summed E-state index contributed by atoms with van der Waals surface area (Å²) in [5.74, 6) is 0. The molecule has 1 unspecified atom stereocenters. The standard InChI is InChI=1S/C11H15N3/c1-13-10(9-3-6-14-7-9)11(8-12)4-2-5-11/h3,6-7,10,13-14H,2,4-5H2,1H3. The molecule has 2 N–H and O–H groups in total. The molecule has 3 heteroatoms. The van der Waals surface area contributed by atoms with E-state index in [1.807, 2.05) is 25.5 Å². The Hall–Kier alpha value is -1.27. The van der Waals surface area contributed by atoms with Crippen LogP contribution in [0.1, 0.15) is 30.9 Å². The summed E-state index contributed by atoms with van der Waals surface area (Å²) in [6.07, 6.45) is 7.08. The Balaban J connectivity index is 2.26. The number of nitrogens with one attached hydrogen (secondary N) is 2. The molecule has 0 saturated heterocycles. The van der Waals surface area contributed by atoms with Crippen LogP contribution in [-0.4, -0.2) is 12.0 Å². The Morgan fingerprint density at radius 2 is 2.43 bits per heavy atom. The Kier molecular flexibility index (Phi) is 2.30. The topological polar surface area (TPSA) is 51.6 Å². The zero-order valence-electron chi connectivity index (χ0n) is 8.38. The van der Waals surface area contributed by atoms with Gasteiger partial charge >= 0.3 is 0 Å². The fourth-order valence-electron chi connectivity index (χ4n) is 2.30. The number of H-pyrrole nitrogens is 1. The van der Waals surface area contributed by atoms with Gasteiger partial charge < -0.3 is 10.3 Å². The first-order chi connectivity index (χ1) is 6.82. The highest BCUT2D eigenvalue weighted by Gasteiger charge is 2.44. The summed E-state index contributed by atoms with van der Waals surface area (Å²) in [7, 11) is 1.93. The molecule has 2 rings (SSSR count). The van der Waals surface area contributed by atoms with E-state index in [0.29, 0.717) is 0 Å². The summed E-state index contributed by atoms with van der Waals surface area (Å²) < 4.78 is 0. The summed E-state index contributed by atoms with van der Waals surface area (Å²) in [6, 6.07) is 4.69. The van der Waals surface area contributed by atoms with Crippen LogP contribution in [0.15, 0.2) is 18.5 Å². The van der Waals surface area contributed by atoms with Crippen molar-refractivity contribution in [1.29, 1.82) is 5.26 Å². The summed E-state index contributed by atoms with van der Waals surface area (Å²) in [5.41, 5.74) is 1.02. The lowest BCUT2D eigenvalue weighted by atomic mass is 9.64. The first-order valence-corrected chi connectivity index (χ1v) is 5.03. The van der Waals surface area contributed by atoms with E-state index in [1.165, 1.54) is 12.0 Å². The van der Waals surface area contributed by atoms with Gasteiger partial charge in [0.2, 0.25) is 0 Å². The molecule has 3 nitrogen and oxygen atoms in total. The minimum absolute atomic E-state index is 0.170. The van der Waals surface area contributed by atoms with E-state index in [0.717, 1.165) is 12.8 Å². The minimum Gasteiger partial charge on any atom is -0.367 e. The quantitative estimate of drug-likeness (QED) is 0.763. The van der Waals surface area contributed by atoms with E-state index in [9.17, 15) is 5.26 Å². The van der Waals surface area contributed by atoms with E-state index in [1.54, 1.807) is 0 Å². The molecule has 0 radical (unpaired) electrons. The van der Waals surface area contributed by atoms with Crippen LogP contribution in [0, 0.1) is 16.7 Å². The third-order valence-corrected chi connectivity index (χ3v) is 3.27. The molecule has 0 spiro atoms. The number of rotatable bonds is 3. The smallest absolute Gasteiger partial charge is 0.0768 e.